The highest BCUT2D eigenvalue weighted by molar-refractivity contribution is 7.22. The standard InChI is InChI=1S/C11H9ClFN3O2S/c12-6-16(3-4-17)11(18)15-10-14-8-5-7(13)1-2-9(8)19-10/h1-2,4-5H,3,6H2,(H,14,15,18). The second-order valence-electron chi connectivity index (χ2n) is 3.57. The van der Waals surface area contributed by atoms with Crippen LogP contribution in [0.2, 0.25) is 0 Å². The summed E-state index contributed by atoms with van der Waals surface area (Å²) < 4.78 is 13.8. The Morgan fingerprint density at radius 3 is 3.05 bits per heavy atom. The second kappa shape index (κ2) is 5.94. The number of nitrogens with one attached hydrogen (secondary N) is 1. The normalized spacial score (nSPS) is 10.4. The predicted molar refractivity (Wildman–Crippen MR) is 72.1 cm³/mol. The number of anilines is 1. The first-order valence-corrected chi connectivity index (χ1v) is 6.60. The minimum Gasteiger partial charge on any atom is -0.304 e. The van der Waals surface area contributed by atoms with Gasteiger partial charge in [0.2, 0.25) is 0 Å². The summed E-state index contributed by atoms with van der Waals surface area (Å²) in [5, 5.41) is 2.84. The number of fused-ring (bicyclic) bond motifs is 1. The van der Waals surface area contributed by atoms with Crippen molar-refractivity contribution in [2.45, 2.75) is 0 Å². The molecule has 1 aromatic heterocycles. The Labute approximate surface area is 117 Å². The lowest BCUT2D eigenvalue weighted by molar-refractivity contribution is -0.108. The molecule has 8 heteroatoms. The fourth-order valence-electron chi connectivity index (χ4n) is 1.40. The smallest absolute Gasteiger partial charge is 0.304 e. The van der Waals surface area contributed by atoms with Gasteiger partial charge in [-0.3, -0.25) is 5.32 Å². The van der Waals surface area contributed by atoms with Crippen molar-refractivity contribution in [2.24, 2.45) is 0 Å². The highest BCUT2D eigenvalue weighted by atomic mass is 35.5. The number of thiazole rings is 1. The third-order valence-electron chi connectivity index (χ3n) is 2.29. The van der Waals surface area contributed by atoms with Gasteiger partial charge in [0, 0.05) is 6.07 Å². The van der Waals surface area contributed by atoms with Gasteiger partial charge >= 0.3 is 6.03 Å². The summed E-state index contributed by atoms with van der Waals surface area (Å²) in [6.45, 7) is -0.102. The molecule has 5 nitrogen and oxygen atoms in total. The molecule has 19 heavy (non-hydrogen) atoms. The molecule has 2 aromatic rings. The van der Waals surface area contributed by atoms with Gasteiger partial charge in [0.15, 0.2) is 5.13 Å². The molecule has 0 saturated heterocycles. The lowest BCUT2D eigenvalue weighted by Crippen LogP contribution is -2.35. The minimum atomic E-state index is -0.526. The van der Waals surface area contributed by atoms with Crippen molar-refractivity contribution in [3.63, 3.8) is 0 Å². The average molecular weight is 302 g/mol. The fourth-order valence-corrected chi connectivity index (χ4v) is 2.44. The van der Waals surface area contributed by atoms with E-state index in [0.29, 0.717) is 16.9 Å². The summed E-state index contributed by atoms with van der Waals surface area (Å²) in [5.74, 6) is -0.390. The number of amides is 2. The van der Waals surface area contributed by atoms with E-state index in [-0.39, 0.29) is 18.4 Å². The van der Waals surface area contributed by atoms with Gasteiger partial charge in [-0.25, -0.2) is 14.2 Å². The maximum Gasteiger partial charge on any atom is 0.325 e. The molecule has 0 aliphatic carbocycles. The number of benzene rings is 1. The summed E-state index contributed by atoms with van der Waals surface area (Å²) in [6, 6.07) is 3.56. The fraction of sp³-hybridized carbons (Fsp3) is 0.182. The van der Waals surface area contributed by atoms with Crippen LogP contribution in [-0.4, -0.2) is 34.7 Å². The van der Waals surface area contributed by atoms with Gasteiger partial charge in [-0.15, -0.1) is 11.6 Å². The Morgan fingerprint density at radius 1 is 1.58 bits per heavy atom. The molecular formula is C11H9ClFN3O2S. The second-order valence-corrected chi connectivity index (χ2v) is 4.84. The first-order chi connectivity index (χ1) is 9.13. The molecule has 0 spiro atoms. The number of alkyl halides is 1. The molecule has 0 aliphatic heterocycles. The third kappa shape index (κ3) is 3.18. The Morgan fingerprint density at radius 2 is 2.37 bits per heavy atom. The van der Waals surface area contributed by atoms with Crippen molar-refractivity contribution >= 4 is 50.6 Å². The average Bonchev–Trinajstić information content (AvgIpc) is 2.76. The van der Waals surface area contributed by atoms with Crippen molar-refractivity contribution in [2.75, 3.05) is 17.9 Å². The maximum atomic E-state index is 13.0. The van der Waals surface area contributed by atoms with E-state index in [2.05, 4.69) is 10.3 Å². The number of hydrogen-bond donors (Lipinski definition) is 1. The van der Waals surface area contributed by atoms with Crippen molar-refractivity contribution in [3.05, 3.63) is 24.0 Å². The van der Waals surface area contributed by atoms with Crippen LogP contribution in [0.4, 0.5) is 14.3 Å². The highest BCUT2D eigenvalue weighted by Crippen LogP contribution is 2.26. The van der Waals surface area contributed by atoms with Gasteiger partial charge < -0.3 is 9.69 Å². The molecule has 0 bridgehead atoms. The largest absolute Gasteiger partial charge is 0.325 e. The molecule has 1 heterocycles. The number of aromatic nitrogens is 1. The van der Waals surface area contributed by atoms with Crippen molar-refractivity contribution in [1.29, 1.82) is 0 Å². The molecule has 0 unspecified atom stereocenters. The molecule has 2 amide bonds. The van der Waals surface area contributed by atoms with Crippen LogP contribution in [0.15, 0.2) is 18.2 Å². The molecule has 1 aromatic carbocycles. The van der Waals surface area contributed by atoms with E-state index in [9.17, 15) is 14.0 Å². The molecule has 2 rings (SSSR count). The molecule has 100 valence electrons. The lowest BCUT2D eigenvalue weighted by Gasteiger charge is -2.15. The molecular weight excluding hydrogens is 293 g/mol. The van der Waals surface area contributed by atoms with Crippen LogP contribution in [0.3, 0.4) is 0 Å². The molecule has 1 N–H and O–H groups in total. The third-order valence-corrected chi connectivity index (χ3v) is 3.53. The zero-order valence-corrected chi connectivity index (χ0v) is 11.2. The monoisotopic (exact) mass is 301 g/mol. The van der Waals surface area contributed by atoms with Crippen LogP contribution >= 0.6 is 22.9 Å². The molecule has 0 radical (unpaired) electrons. The van der Waals surface area contributed by atoms with Crippen LogP contribution in [-0.2, 0) is 4.79 Å². The number of carbonyl (C=O) groups excluding carboxylic acids is 2. The minimum absolute atomic E-state index is 0.102. The van der Waals surface area contributed by atoms with Crippen LogP contribution in [0, 0.1) is 5.82 Å². The van der Waals surface area contributed by atoms with Crippen LogP contribution in [0.1, 0.15) is 0 Å². The van der Waals surface area contributed by atoms with Gasteiger partial charge in [-0.1, -0.05) is 11.3 Å². The van der Waals surface area contributed by atoms with E-state index in [4.69, 9.17) is 11.6 Å². The summed E-state index contributed by atoms with van der Waals surface area (Å²) in [6.07, 6.45) is 0.579. The van der Waals surface area contributed by atoms with Gasteiger partial charge in [-0.05, 0) is 12.1 Å². The number of rotatable bonds is 4. The summed E-state index contributed by atoms with van der Waals surface area (Å²) in [7, 11) is 0. The van der Waals surface area contributed by atoms with Crippen molar-refractivity contribution in [3.8, 4) is 0 Å². The van der Waals surface area contributed by atoms with Crippen LogP contribution < -0.4 is 5.32 Å². The topological polar surface area (TPSA) is 62.3 Å². The Bertz CT molecular complexity index is 619. The van der Waals surface area contributed by atoms with Gasteiger partial charge in [0.05, 0.1) is 22.8 Å². The van der Waals surface area contributed by atoms with Crippen molar-refractivity contribution < 1.29 is 14.0 Å². The summed E-state index contributed by atoms with van der Waals surface area (Å²) in [5.41, 5.74) is 0.466. The number of halogens is 2. The van der Waals surface area contributed by atoms with E-state index in [1.807, 2.05) is 0 Å². The van der Waals surface area contributed by atoms with Gasteiger partial charge in [-0.2, -0.15) is 0 Å². The van der Waals surface area contributed by atoms with E-state index in [0.717, 1.165) is 9.60 Å². The highest BCUT2D eigenvalue weighted by Gasteiger charge is 2.14. The van der Waals surface area contributed by atoms with Crippen LogP contribution in [0.5, 0.6) is 0 Å². The van der Waals surface area contributed by atoms with Crippen LogP contribution in [0.25, 0.3) is 10.2 Å². The number of nitrogens with zero attached hydrogens (tertiary/aromatic N) is 2. The molecule has 0 atom stereocenters. The Balaban J connectivity index is 2.16. The van der Waals surface area contributed by atoms with E-state index < -0.39 is 6.03 Å². The lowest BCUT2D eigenvalue weighted by atomic mass is 10.3. The summed E-state index contributed by atoms with van der Waals surface area (Å²) in [4.78, 5) is 27.3. The zero-order chi connectivity index (χ0) is 13.8. The number of aldehydes is 1. The quantitative estimate of drug-likeness (QED) is 0.536. The zero-order valence-electron chi connectivity index (χ0n) is 9.60. The molecule has 0 fully saturated rings. The number of hydrogen-bond acceptors (Lipinski definition) is 4. The maximum absolute atomic E-state index is 13.0. The Kier molecular flexibility index (Phi) is 4.28. The Hall–Kier alpha value is -1.73. The first kappa shape index (κ1) is 13.7. The first-order valence-electron chi connectivity index (χ1n) is 5.25. The van der Waals surface area contributed by atoms with Gasteiger partial charge in [0.25, 0.3) is 0 Å². The van der Waals surface area contributed by atoms with Crippen molar-refractivity contribution in [1.82, 2.24) is 9.88 Å². The number of urea groups is 1. The summed E-state index contributed by atoms with van der Waals surface area (Å²) >= 11 is 6.76. The van der Waals surface area contributed by atoms with E-state index >= 15 is 0 Å². The van der Waals surface area contributed by atoms with Gasteiger partial charge in [0.1, 0.15) is 12.1 Å². The molecule has 0 saturated carbocycles. The SMILES string of the molecule is O=CCN(CCl)C(=O)Nc1nc2cc(F)ccc2s1. The van der Waals surface area contributed by atoms with E-state index in [1.165, 1.54) is 23.5 Å². The number of carbonyl (C=O) groups is 2. The molecule has 0 aliphatic rings. The van der Waals surface area contributed by atoms with E-state index in [1.54, 1.807) is 6.07 Å². The predicted octanol–water partition coefficient (Wildman–Crippen LogP) is 2.66.